The summed E-state index contributed by atoms with van der Waals surface area (Å²) < 4.78 is 53.4. The van der Waals surface area contributed by atoms with E-state index >= 15 is 0 Å². The van der Waals surface area contributed by atoms with Gasteiger partial charge in [0.1, 0.15) is 11.4 Å². The molecule has 0 amide bonds. The quantitative estimate of drug-likeness (QED) is 0.221. The molecule has 11 heteroatoms. The van der Waals surface area contributed by atoms with E-state index in [4.69, 9.17) is 8.83 Å². The molecule has 41 heavy (non-hydrogen) atoms. The zero-order valence-electron chi connectivity index (χ0n) is 21.2. The molecule has 0 aliphatic heterocycles. The minimum atomic E-state index is -4.67. The summed E-state index contributed by atoms with van der Waals surface area (Å²) in [6.45, 7) is 1.92. The fourth-order valence-corrected chi connectivity index (χ4v) is 4.59. The van der Waals surface area contributed by atoms with Crippen molar-refractivity contribution < 1.29 is 22.0 Å². The lowest BCUT2D eigenvalue weighted by Gasteiger charge is -2.11. The van der Waals surface area contributed by atoms with Crippen LogP contribution in [-0.2, 0) is 6.18 Å². The molecule has 0 unspecified atom stereocenters. The third-order valence-corrected chi connectivity index (χ3v) is 6.56. The summed E-state index contributed by atoms with van der Waals surface area (Å²) in [5.41, 5.74) is 2.24. The van der Waals surface area contributed by atoms with Gasteiger partial charge in [-0.05, 0) is 55.0 Å². The summed E-state index contributed by atoms with van der Waals surface area (Å²) in [5, 5.41) is 17.6. The van der Waals surface area contributed by atoms with Crippen molar-refractivity contribution >= 4 is 21.8 Å². The summed E-state index contributed by atoms with van der Waals surface area (Å²) in [5.74, 6) is 0.153. The van der Waals surface area contributed by atoms with E-state index in [0.29, 0.717) is 27.7 Å². The lowest BCUT2D eigenvalue weighted by atomic mass is 10.1. The molecule has 0 bridgehead atoms. The second-order valence-corrected chi connectivity index (χ2v) is 9.33. The number of para-hydroxylation sites is 2. The number of alkyl halides is 3. The fourth-order valence-electron chi connectivity index (χ4n) is 4.59. The number of pyridine rings is 2. The molecule has 3 aromatic carbocycles. The Bertz CT molecular complexity index is 2080. The SMILES string of the molecule is Cc1cc2ccccc2nc1-c1nnc(-c2cccc(-c3nnc(-c4nc5ccccc5cc4C(F)(F)F)o3)c2)o1. The number of aryl methyl sites for hydroxylation is 1. The Morgan fingerprint density at radius 1 is 0.561 bits per heavy atom. The van der Waals surface area contributed by atoms with Crippen LogP contribution in [0.15, 0.2) is 93.8 Å². The summed E-state index contributed by atoms with van der Waals surface area (Å²) in [6, 6.07) is 24.1. The highest BCUT2D eigenvalue weighted by Gasteiger charge is 2.36. The lowest BCUT2D eigenvalue weighted by Crippen LogP contribution is -2.09. The zero-order chi connectivity index (χ0) is 28.1. The van der Waals surface area contributed by atoms with E-state index in [0.717, 1.165) is 22.5 Å². The summed E-state index contributed by atoms with van der Waals surface area (Å²) in [6.07, 6.45) is -4.67. The van der Waals surface area contributed by atoms with Crippen LogP contribution in [0.3, 0.4) is 0 Å². The lowest BCUT2D eigenvalue weighted by molar-refractivity contribution is -0.137. The predicted octanol–water partition coefficient (Wildman–Crippen LogP) is 7.54. The van der Waals surface area contributed by atoms with Crippen LogP contribution in [0.5, 0.6) is 0 Å². The molecule has 0 fully saturated rings. The molecule has 4 aromatic heterocycles. The summed E-state index contributed by atoms with van der Waals surface area (Å²) >= 11 is 0. The van der Waals surface area contributed by atoms with E-state index < -0.39 is 17.4 Å². The van der Waals surface area contributed by atoms with Crippen LogP contribution in [-0.4, -0.2) is 30.4 Å². The maximum absolute atomic E-state index is 13.9. The van der Waals surface area contributed by atoms with Gasteiger partial charge in [0.2, 0.25) is 11.8 Å². The van der Waals surface area contributed by atoms with Gasteiger partial charge in [0.15, 0.2) is 0 Å². The van der Waals surface area contributed by atoms with Gasteiger partial charge < -0.3 is 8.83 Å². The van der Waals surface area contributed by atoms with Gasteiger partial charge in [-0.1, -0.05) is 42.5 Å². The van der Waals surface area contributed by atoms with E-state index in [1.165, 1.54) is 0 Å². The highest BCUT2D eigenvalue weighted by molar-refractivity contribution is 5.83. The monoisotopic (exact) mass is 550 g/mol. The number of halogens is 3. The van der Waals surface area contributed by atoms with Crippen LogP contribution in [0.1, 0.15) is 11.1 Å². The number of fused-ring (bicyclic) bond motifs is 2. The first-order valence-corrected chi connectivity index (χ1v) is 12.5. The molecule has 0 radical (unpaired) electrons. The van der Waals surface area contributed by atoms with Crippen molar-refractivity contribution in [3.05, 3.63) is 96.1 Å². The van der Waals surface area contributed by atoms with E-state index in [2.05, 4.69) is 30.4 Å². The Labute approximate surface area is 229 Å². The number of hydrogen-bond donors (Lipinski definition) is 0. The Kier molecular flexibility index (Phi) is 5.60. The van der Waals surface area contributed by atoms with Gasteiger partial charge in [0, 0.05) is 21.9 Å². The fraction of sp³-hybridized carbons (Fsp3) is 0.0667. The number of aromatic nitrogens is 6. The molecule has 0 atom stereocenters. The first-order chi connectivity index (χ1) is 19.8. The van der Waals surface area contributed by atoms with Gasteiger partial charge >= 0.3 is 6.18 Å². The van der Waals surface area contributed by atoms with Crippen LogP contribution in [0.2, 0.25) is 0 Å². The molecule has 0 aliphatic rings. The highest BCUT2D eigenvalue weighted by Crippen LogP contribution is 2.38. The van der Waals surface area contributed by atoms with Gasteiger partial charge in [0.25, 0.3) is 11.8 Å². The normalized spacial score (nSPS) is 11.9. The van der Waals surface area contributed by atoms with Crippen LogP contribution >= 0.6 is 0 Å². The Balaban J connectivity index is 1.24. The molecule has 0 aliphatic carbocycles. The molecule has 8 nitrogen and oxygen atoms in total. The molecular formula is C30H17F3N6O2. The van der Waals surface area contributed by atoms with Gasteiger partial charge in [-0.15, -0.1) is 20.4 Å². The summed E-state index contributed by atoms with van der Waals surface area (Å²) in [4.78, 5) is 8.86. The van der Waals surface area contributed by atoms with Crippen molar-refractivity contribution in [1.82, 2.24) is 30.4 Å². The number of hydrogen-bond acceptors (Lipinski definition) is 8. The van der Waals surface area contributed by atoms with E-state index in [9.17, 15) is 13.2 Å². The van der Waals surface area contributed by atoms with Crippen molar-refractivity contribution in [2.75, 3.05) is 0 Å². The van der Waals surface area contributed by atoms with Crippen LogP contribution in [0, 0.1) is 6.92 Å². The van der Waals surface area contributed by atoms with Crippen LogP contribution in [0.4, 0.5) is 13.2 Å². The molecule has 0 saturated heterocycles. The first kappa shape index (κ1) is 24.6. The largest absolute Gasteiger partial charge is 0.418 e. The number of rotatable bonds is 4. The van der Waals surface area contributed by atoms with Crippen LogP contribution in [0.25, 0.3) is 67.9 Å². The second-order valence-electron chi connectivity index (χ2n) is 9.33. The van der Waals surface area contributed by atoms with Gasteiger partial charge in [-0.25, -0.2) is 9.97 Å². The maximum Gasteiger partial charge on any atom is 0.418 e. The standard InChI is InChI=1S/C30H17F3N6O2/c1-16-13-17-7-2-4-11-22(17)34-24(16)28-38-36-26(40-28)19-9-6-10-20(14-19)27-37-39-29(41-27)25-21(30(31,32)33)15-18-8-3-5-12-23(18)35-25/h2-15H,1H3. The van der Waals surface area contributed by atoms with E-state index in [1.807, 2.05) is 37.3 Å². The molecule has 0 N–H and O–H groups in total. The minimum Gasteiger partial charge on any atom is -0.415 e. The minimum absolute atomic E-state index is 0.0108. The average Bonchev–Trinajstić information content (AvgIpc) is 3.67. The predicted molar refractivity (Wildman–Crippen MR) is 144 cm³/mol. The van der Waals surface area contributed by atoms with Crippen LogP contribution < -0.4 is 0 Å². The van der Waals surface area contributed by atoms with Crippen molar-refractivity contribution in [2.45, 2.75) is 13.1 Å². The van der Waals surface area contributed by atoms with Crippen molar-refractivity contribution in [3.63, 3.8) is 0 Å². The molecule has 7 rings (SSSR count). The van der Waals surface area contributed by atoms with Crippen molar-refractivity contribution in [2.24, 2.45) is 0 Å². The molecular weight excluding hydrogens is 533 g/mol. The van der Waals surface area contributed by atoms with E-state index in [-0.39, 0.29) is 23.6 Å². The Morgan fingerprint density at radius 2 is 1.07 bits per heavy atom. The topological polar surface area (TPSA) is 104 Å². The number of nitrogens with zero attached hydrogens (tertiary/aromatic N) is 6. The highest BCUT2D eigenvalue weighted by atomic mass is 19.4. The second kappa shape index (κ2) is 9.33. The van der Waals surface area contributed by atoms with E-state index in [1.54, 1.807) is 48.5 Å². The molecule has 0 spiro atoms. The smallest absolute Gasteiger partial charge is 0.415 e. The van der Waals surface area contributed by atoms with Gasteiger partial charge in [0.05, 0.1) is 16.6 Å². The first-order valence-electron chi connectivity index (χ1n) is 12.5. The van der Waals surface area contributed by atoms with Gasteiger partial charge in [-0.2, -0.15) is 13.2 Å². The maximum atomic E-state index is 13.9. The molecule has 7 aromatic rings. The third-order valence-electron chi connectivity index (χ3n) is 6.56. The molecule has 200 valence electrons. The molecule has 4 heterocycles. The molecule has 0 saturated carbocycles. The Hall–Kier alpha value is -5.45. The summed E-state index contributed by atoms with van der Waals surface area (Å²) in [7, 11) is 0. The average molecular weight is 551 g/mol. The number of benzene rings is 3. The van der Waals surface area contributed by atoms with Crippen molar-refractivity contribution in [3.8, 4) is 46.1 Å². The van der Waals surface area contributed by atoms with Crippen molar-refractivity contribution in [1.29, 1.82) is 0 Å². The van der Waals surface area contributed by atoms with Gasteiger partial charge in [-0.3, -0.25) is 0 Å². The third kappa shape index (κ3) is 4.46. The Morgan fingerprint density at radius 3 is 1.68 bits per heavy atom. The zero-order valence-corrected chi connectivity index (χ0v) is 21.2.